The lowest BCUT2D eigenvalue weighted by atomic mass is 10.1. The number of carbonyl (C=O) groups excluding carboxylic acids is 2. The number of amides is 1. The molecular formula is C21H18N2O5. The molecule has 0 fully saturated rings. The molecule has 0 spiro atoms. The van der Waals surface area contributed by atoms with Gasteiger partial charge in [-0.3, -0.25) is 14.9 Å². The number of nitrogens with zero attached hydrogens (tertiary/aromatic N) is 1. The molecule has 0 bridgehead atoms. The van der Waals surface area contributed by atoms with Crippen LogP contribution in [0.2, 0.25) is 0 Å². The van der Waals surface area contributed by atoms with Gasteiger partial charge in [0.15, 0.2) is 6.10 Å². The first-order chi connectivity index (χ1) is 13.4. The Labute approximate surface area is 161 Å². The topological polar surface area (TPSA) is 98.5 Å². The quantitative estimate of drug-likeness (QED) is 0.407. The first-order valence-electron chi connectivity index (χ1n) is 8.61. The van der Waals surface area contributed by atoms with E-state index in [4.69, 9.17) is 4.74 Å². The molecule has 0 heterocycles. The summed E-state index contributed by atoms with van der Waals surface area (Å²) < 4.78 is 5.20. The molecule has 0 unspecified atom stereocenters. The van der Waals surface area contributed by atoms with E-state index >= 15 is 0 Å². The van der Waals surface area contributed by atoms with Gasteiger partial charge in [0.2, 0.25) is 0 Å². The first kappa shape index (κ1) is 19.0. The molecule has 3 aromatic rings. The fraction of sp³-hybridized carbons (Fsp3) is 0.143. The molecule has 1 atom stereocenters. The molecule has 3 aromatic carbocycles. The zero-order valence-corrected chi connectivity index (χ0v) is 15.3. The zero-order valence-electron chi connectivity index (χ0n) is 15.3. The van der Waals surface area contributed by atoms with Crippen molar-refractivity contribution in [2.24, 2.45) is 0 Å². The van der Waals surface area contributed by atoms with Gasteiger partial charge in [0, 0.05) is 17.3 Å². The Balaban J connectivity index is 1.70. The van der Waals surface area contributed by atoms with Gasteiger partial charge >= 0.3 is 5.97 Å². The Morgan fingerprint density at radius 3 is 2.46 bits per heavy atom. The minimum absolute atomic E-state index is 0.0551. The Bertz CT molecular complexity index is 1080. The van der Waals surface area contributed by atoms with Gasteiger partial charge in [-0.2, -0.15) is 0 Å². The normalized spacial score (nSPS) is 11.6. The minimum Gasteiger partial charge on any atom is -0.449 e. The highest BCUT2D eigenvalue weighted by Crippen LogP contribution is 2.22. The summed E-state index contributed by atoms with van der Waals surface area (Å²) in [5.41, 5.74) is 0.653. The molecule has 0 radical (unpaired) electrons. The molecule has 142 valence electrons. The Kier molecular flexibility index (Phi) is 5.35. The third-order valence-electron chi connectivity index (χ3n) is 4.39. The summed E-state index contributed by atoms with van der Waals surface area (Å²) in [4.78, 5) is 35.2. The van der Waals surface area contributed by atoms with E-state index < -0.39 is 22.9 Å². The maximum absolute atomic E-state index is 12.4. The van der Waals surface area contributed by atoms with Crippen LogP contribution in [0.25, 0.3) is 10.8 Å². The zero-order chi connectivity index (χ0) is 20.3. The van der Waals surface area contributed by atoms with Gasteiger partial charge in [-0.1, -0.05) is 36.4 Å². The Morgan fingerprint density at radius 1 is 1.04 bits per heavy atom. The van der Waals surface area contributed by atoms with Crippen molar-refractivity contribution in [3.8, 4) is 0 Å². The number of nitro groups is 1. The molecule has 0 saturated carbocycles. The summed E-state index contributed by atoms with van der Waals surface area (Å²) in [5.74, 6) is -1.28. The smallest absolute Gasteiger partial charge is 0.339 e. The van der Waals surface area contributed by atoms with Gasteiger partial charge in [-0.15, -0.1) is 0 Å². The third-order valence-corrected chi connectivity index (χ3v) is 4.39. The molecule has 1 amide bonds. The predicted octanol–water partition coefficient (Wildman–Crippen LogP) is 4.24. The van der Waals surface area contributed by atoms with Crippen LogP contribution in [0.15, 0.2) is 60.7 Å². The highest BCUT2D eigenvalue weighted by Gasteiger charge is 2.23. The van der Waals surface area contributed by atoms with Crippen molar-refractivity contribution < 1.29 is 19.2 Å². The van der Waals surface area contributed by atoms with Crippen LogP contribution in [0.5, 0.6) is 0 Å². The van der Waals surface area contributed by atoms with Crippen molar-refractivity contribution in [2.45, 2.75) is 20.0 Å². The van der Waals surface area contributed by atoms with E-state index in [1.807, 2.05) is 36.4 Å². The largest absolute Gasteiger partial charge is 0.449 e. The van der Waals surface area contributed by atoms with Gasteiger partial charge in [0.25, 0.3) is 11.6 Å². The second-order valence-corrected chi connectivity index (χ2v) is 6.31. The van der Waals surface area contributed by atoms with Crippen LogP contribution < -0.4 is 5.32 Å². The highest BCUT2D eigenvalue weighted by molar-refractivity contribution is 5.99. The maximum atomic E-state index is 12.4. The van der Waals surface area contributed by atoms with Crippen LogP contribution in [0.1, 0.15) is 22.8 Å². The number of hydrogen-bond acceptors (Lipinski definition) is 5. The van der Waals surface area contributed by atoms with Gasteiger partial charge in [-0.25, -0.2) is 4.79 Å². The number of nitro benzene ring substituents is 1. The van der Waals surface area contributed by atoms with Gasteiger partial charge in [0.05, 0.1) is 10.5 Å². The fourth-order valence-corrected chi connectivity index (χ4v) is 2.83. The fourth-order valence-electron chi connectivity index (χ4n) is 2.83. The molecule has 1 N–H and O–H groups in total. The number of hydrogen-bond donors (Lipinski definition) is 1. The van der Waals surface area contributed by atoms with E-state index in [0.717, 1.165) is 10.8 Å². The summed E-state index contributed by atoms with van der Waals surface area (Å²) in [5, 5.41) is 15.7. The standard InChI is InChI=1S/C21H18N2O5/c1-13-18(8-5-9-19(13)23(26)27)21(25)28-14(2)20(24)22-17-11-10-15-6-3-4-7-16(15)12-17/h3-12,14H,1-2H3,(H,22,24)/t14-/m1/s1. The van der Waals surface area contributed by atoms with Gasteiger partial charge < -0.3 is 10.1 Å². The highest BCUT2D eigenvalue weighted by atomic mass is 16.6. The van der Waals surface area contributed by atoms with Crippen LogP contribution in [0, 0.1) is 17.0 Å². The molecule has 0 aliphatic rings. The summed E-state index contributed by atoms with van der Waals surface area (Å²) in [6, 6.07) is 17.3. The van der Waals surface area contributed by atoms with E-state index in [1.54, 1.807) is 6.07 Å². The van der Waals surface area contributed by atoms with Crippen molar-refractivity contribution in [3.63, 3.8) is 0 Å². The van der Waals surface area contributed by atoms with Gasteiger partial charge in [0.1, 0.15) is 0 Å². The molecule has 3 rings (SSSR count). The van der Waals surface area contributed by atoms with Crippen molar-refractivity contribution >= 4 is 34.0 Å². The van der Waals surface area contributed by atoms with Crippen LogP contribution in [0.3, 0.4) is 0 Å². The number of esters is 1. The molecule has 7 nitrogen and oxygen atoms in total. The van der Waals surface area contributed by atoms with E-state index in [0.29, 0.717) is 5.69 Å². The van der Waals surface area contributed by atoms with Crippen LogP contribution >= 0.6 is 0 Å². The molecule has 0 aliphatic carbocycles. The number of benzene rings is 3. The van der Waals surface area contributed by atoms with E-state index in [1.165, 1.54) is 32.0 Å². The average Bonchev–Trinajstić information content (AvgIpc) is 2.67. The van der Waals surface area contributed by atoms with Crippen LogP contribution in [-0.4, -0.2) is 22.9 Å². The first-order valence-corrected chi connectivity index (χ1v) is 8.61. The number of rotatable bonds is 5. The third kappa shape index (κ3) is 3.98. The summed E-state index contributed by atoms with van der Waals surface area (Å²) in [7, 11) is 0. The molecule has 0 aliphatic heterocycles. The van der Waals surface area contributed by atoms with Crippen molar-refractivity contribution in [1.29, 1.82) is 0 Å². The molecule has 0 saturated heterocycles. The summed E-state index contributed by atoms with van der Waals surface area (Å²) in [6.07, 6.45) is -1.07. The number of carbonyl (C=O) groups is 2. The van der Waals surface area contributed by atoms with Crippen molar-refractivity contribution in [3.05, 3.63) is 81.9 Å². The van der Waals surface area contributed by atoms with E-state index in [9.17, 15) is 19.7 Å². The molecule has 7 heteroatoms. The average molecular weight is 378 g/mol. The van der Waals surface area contributed by atoms with Crippen LogP contribution in [0.4, 0.5) is 11.4 Å². The summed E-state index contributed by atoms with van der Waals surface area (Å²) in [6.45, 7) is 2.91. The SMILES string of the molecule is Cc1c(C(=O)O[C@H](C)C(=O)Nc2ccc3ccccc3c2)cccc1[N+](=O)[O-]. The lowest BCUT2D eigenvalue weighted by Gasteiger charge is -2.14. The minimum atomic E-state index is -1.07. The lowest BCUT2D eigenvalue weighted by Crippen LogP contribution is -2.30. The van der Waals surface area contributed by atoms with Crippen molar-refractivity contribution in [1.82, 2.24) is 0 Å². The van der Waals surface area contributed by atoms with Gasteiger partial charge in [-0.05, 0) is 42.8 Å². The number of nitrogens with one attached hydrogen (secondary N) is 1. The molecule has 28 heavy (non-hydrogen) atoms. The maximum Gasteiger partial charge on any atom is 0.339 e. The Morgan fingerprint density at radius 2 is 1.75 bits per heavy atom. The second-order valence-electron chi connectivity index (χ2n) is 6.31. The van der Waals surface area contributed by atoms with E-state index in [-0.39, 0.29) is 16.8 Å². The summed E-state index contributed by atoms with van der Waals surface area (Å²) >= 11 is 0. The van der Waals surface area contributed by atoms with Crippen molar-refractivity contribution in [2.75, 3.05) is 5.32 Å². The number of fused-ring (bicyclic) bond motifs is 1. The monoisotopic (exact) mass is 378 g/mol. The molecular weight excluding hydrogens is 360 g/mol. The number of anilines is 1. The second kappa shape index (κ2) is 7.87. The Hall–Kier alpha value is -3.74. The number of ether oxygens (including phenoxy) is 1. The van der Waals surface area contributed by atoms with E-state index in [2.05, 4.69) is 5.32 Å². The molecule has 0 aromatic heterocycles. The predicted molar refractivity (Wildman–Crippen MR) is 105 cm³/mol. The lowest BCUT2D eigenvalue weighted by molar-refractivity contribution is -0.385. The van der Waals surface area contributed by atoms with Crippen LogP contribution in [-0.2, 0) is 9.53 Å².